The zero-order chi connectivity index (χ0) is 23.4. The average Bonchev–Trinajstić information content (AvgIpc) is 3.25. The van der Waals surface area contributed by atoms with Crippen LogP contribution in [-0.2, 0) is 4.79 Å². The summed E-state index contributed by atoms with van der Waals surface area (Å²) in [5, 5.41) is 7.24. The molecule has 0 spiro atoms. The summed E-state index contributed by atoms with van der Waals surface area (Å²) in [4.78, 5) is 33.5. The van der Waals surface area contributed by atoms with Crippen LogP contribution < -0.4 is 16.4 Å². The van der Waals surface area contributed by atoms with E-state index >= 15 is 0 Å². The smallest absolute Gasteiger partial charge is 0.268 e. The maximum Gasteiger partial charge on any atom is 0.268 e. The molecule has 1 aromatic carbocycles. The molecule has 0 bridgehead atoms. The van der Waals surface area contributed by atoms with Crippen molar-refractivity contribution in [2.24, 2.45) is 5.73 Å². The van der Waals surface area contributed by atoms with Crippen molar-refractivity contribution in [3.8, 4) is 0 Å². The number of nitrogens with zero attached hydrogens (tertiary/aromatic N) is 1. The summed E-state index contributed by atoms with van der Waals surface area (Å²) < 4.78 is 0. The average molecular weight is 448 g/mol. The minimum atomic E-state index is -0.364. The number of aromatic amines is 1. The second-order valence-corrected chi connectivity index (χ2v) is 9.17. The van der Waals surface area contributed by atoms with E-state index in [1.807, 2.05) is 50.2 Å². The Morgan fingerprint density at radius 2 is 1.88 bits per heavy atom. The van der Waals surface area contributed by atoms with E-state index < -0.39 is 0 Å². The molecule has 4 rings (SSSR count). The lowest BCUT2D eigenvalue weighted by Crippen LogP contribution is -2.40. The van der Waals surface area contributed by atoms with E-state index in [9.17, 15) is 9.59 Å². The summed E-state index contributed by atoms with van der Waals surface area (Å²) in [6.07, 6.45) is 6.25. The van der Waals surface area contributed by atoms with Crippen LogP contribution in [0.4, 0.5) is 0 Å². The number of amides is 2. The number of para-hydroxylation sites is 1. The minimum Gasteiger partial charge on any atom is -0.353 e. The molecule has 2 aromatic heterocycles. The fraction of sp³-hybridized carbons (Fsp3) is 0.423. The van der Waals surface area contributed by atoms with Gasteiger partial charge in [0, 0.05) is 35.6 Å². The highest BCUT2D eigenvalue weighted by Gasteiger charge is 2.23. The number of pyridine rings is 1. The number of rotatable bonds is 7. The van der Waals surface area contributed by atoms with E-state index in [4.69, 9.17) is 5.73 Å². The number of hydrogen-bond acceptors (Lipinski definition) is 4. The summed E-state index contributed by atoms with van der Waals surface area (Å²) in [6, 6.07) is 11.8. The van der Waals surface area contributed by atoms with Crippen LogP contribution in [0.5, 0.6) is 0 Å². The van der Waals surface area contributed by atoms with E-state index in [-0.39, 0.29) is 29.9 Å². The van der Waals surface area contributed by atoms with Gasteiger partial charge in [-0.1, -0.05) is 24.3 Å². The second-order valence-electron chi connectivity index (χ2n) is 9.17. The van der Waals surface area contributed by atoms with E-state index in [0.717, 1.165) is 53.4 Å². The zero-order valence-electron chi connectivity index (χ0n) is 19.4. The molecule has 174 valence electrons. The van der Waals surface area contributed by atoms with Crippen molar-refractivity contribution in [2.75, 3.05) is 0 Å². The molecule has 0 radical (unpaired) electrons. The number of aryl methyl sites for hydroxylation is 2. The van der Waals surface area contributed by atoms with E-state index in [1.165, 1.54) is 0 Å². The highest BCUT2D eigenvalue weighted by molar-refractivity contribution is 5.98. The molecule has 3 aromatic rings. The number of nitrogens with one attached hydrogen (secondary N) is 3. The number of nitrogens with two attached hydrogens (primary N) is 1. The molecule has 5 N–H and O–H groups in total. The lowest BCUT2D eigenvalue weighted by Gasteiger charge is -2.27. The van der Waals surface area contributed by atoms with Gasteiger partial charge >= 0.3 is 0 Å². The molecule has 1 atom stereocenters. The van der Waals surface area contributed by atoms with Gasteiger partial charge in [-0.25, -0.2) is 0 Å². The van der Waals surface area contributed by atoms with Gasteiger partial charge in [-0.3, -0.25) is 14.6 Å². The van der Waals surface area contributed by atoms with Crippen molar-refractivity contribution in [3.05, 3.63) is 65.1 Å². The van der Waals surface area contributed by atoms with Crippen molar-refractivity contribution in [3.63, 3.8) is 0 Å². The zero-order valence-corrected chi connectivity index (χ0v) is 19.4. The van der Waals surface area contributed by atoms with Gasteiger partial charge in [0.1, 0.15) is 5.69 Å². The van der Waals surface area contributed by atoms with Crippen molar-refractivity contribution in [1.29, 1.82) is 0 Å². The summed E-state index contributed by atoms with van der Waals surface area (Å²) in [5.41, 5.74) is 10.3. The molecule has 7 heteroatoms. The quantitative estimate of drug-likeness (QED) is 0.441. The van der Waals surface area contributed by atoms with Crippen LogP contribution in [-0.4, -0.2) is 33.9 Å². The van der Waals surface area contributed by atoms with Crippen molar-refractivity contribution < 1.29 is 9.59 Å². The van der Waals surface area contributed by atoms with E-state index in [2.05, 4.69) is 20.6 Å². The summed E-state index contributed by atoms with van der Waals surface area (Å²) >= 11 is 0. The van der Waals surface area contributed by atoms with Crippen molar-refractivity contribution in [1.82, 2.24) is 20.6 Å². The van der Waals surface area contributed by atoms with Crippen LogP contribution >= 0.6 is 0 Å². The van der Waals surface area contributed by atoms with Crippen LogP contribution in [0.15, 0.2) is 42.6 Å². The molecular weight excluding hydrogens is 414 g/mol. The van der Waals surface area contributed by atoms with Gasteiger partial charge in [-0.05, 0) is 69.2 Å². The highest BCUT2D eigenvalue weighted by atomic mass is 16.2. The third kappa shape index (κ3) is 5.60. The van der Waals surface area contributed by atoms with Crippen LogP contribution in [0.25, 0.3) is 10.9 Å². The number of benzene rings is 1. The highest BCUT2D eigenvalue weighted by Crippen LogP contribution is 2.23. The normalized spacial score (nSPS) is 19.2. The number of aromatic nitrogens is 2. The molecule has 1 unspecified atom stereocenters. The van der Waals surface area contributed by atoms with E-state index in [0.29, 0.717) is 18.5 Å². The topological polar surface area (TPSA) is 113 Å². The fourth-order valence-corrected chi connectivity index (χ4v) is 4.64. The number of fused-ring (bicyclic) bond motifs is 1. The second kappa shape index (κ2) is 10.2. The van der Waals surface area contributed by atoms with E-state index in [1.54, 1.807) is 6.20 Å². The Bertz CT molecular complexity index is 1130. The van der Waals surface area contributed by atoms with Crippen LogP contribution in [0.1, 0.15) is 71.9 Å². The SMILES string of the molecule is Cc1cccnc1C(CCC(=O)NC1CCC(N)CC1)NC(=O)c1cc2cccc(C)c2[nH]1. The summed E-state index contributed by atoms with van der Waals surface area (Å²) in [5.74, 6) is -0.202. The van der Waals surface area contributed by atoms with Crippen LogP contribution in [0.2, 0.25) is 0 Å². The minimum absolute atomic E-state index is 0.00421. The third-order valence-electron chi connectivity index (χ3n) is 6.59. The first kappa shape index (κ1) is 23.0. The Morgan fingerprint density at radius 3 is 2.61 bits per heavy atom. The largest absolute Gasteiger partial charge is 0.353 e. The Morgan fingerprint density at radius 1 is 1.12 bits per heavy atom. The molecule has 2 heterocycles. The molecule has 7 nitrogen and oxygen atoms in total. The molecule has 0 aliphatic heterocycles. The number of carbonyl (C=O) groups is 2. The van der Waals surface area contributed by atoms with Gasteiger partial charge in [0.15, 0.2) is 0 Å². The maximum atomic E-state index is 13.1. The van der Waals surface area contributed by atoms with Gasteiger partial charge in [-0.15, -0.1) is 0 Å². The lowest BCUT2D eigenvalue weighted by molar-refractivity contribution is -0.122. The summed E-state index contributed by atoms with van der Waals surface area (Å²) in [7, 11) is 0. The van der Waals surface area contributed by atoms with Crippen molar-refractivity contribution in [2.45, 2.75) is 70.5 Å². The predicted octanol–water partition coefficient (Wildman–Crippen LogP) is 3.82. The first-order valence-corrected chi connectivity index (χ1v) is 11.8. The Labute approximate surface area is 194 Å². The number of H-pyrrole nitrogens is 1. The molecule has 0 saturated heterocycles. The third-order valence-corrected chi connectivity index (χ3v) is 6.59. The monoisotopic (exact) mass is 447 g/mol. The first-order valence-electron chi connectivity index (χ1n) is 11.8. The Kier molecular flexibility index (Phi) is 7.08. The van der Waals surface area contributed by atoms with Gasteiger partial charge in [0.2, 0.25) is 5.91 Å². The Hall–Kier alpha value is -3.19. The predicted molar refractivity (Wildman–Crippen MR) is 130 cm³/mol. The molecule has 1 aliphatic carbocycles. The first-order chi connectivity index (χ1) is 15.9. The van der Waals surface area contributed by atoms with Gasteiger partial charge in [-0.2, -0.15) is 0 Å². The number of carbonyl (C=O) groups excluding carboxylic acids is 2. The van der Waals surface area contributed by atoms with Gasteiger partial charge in [0.05, 0.1) is 11.7 Å². The Balaban J connectivity index is 1.45. The lowest BCUT2D eigenvalue weighted by atomic mass is 9.91. The number of hydrogen-bond donors (Lipinski definition) is 4. The van der Waals surface area contributed by atoms with Crippen molar-refractivity contribution >= 4 is 22.7 Å². The van der Waals surface area contributed by atoms with Gasteiger partial charge < -0.3 is 21.4 Å². The summed E-state index contributed by atoms with van der Waals surface area (Å²) in [6.45, 7) is 3.98. The maximum absolute atomic E-state index is 13.1. The standard InChI is InChI=1S/C26H33N5O2/c1-16-5-3-7-18-15-22(30-24(16)18)26(33)31-21(25-17(2)6-4-14-28-25)12-13-23(32)29-20-10-8-19(27)9-11-20/h3-7,14-15,19-21,30H,8-13,27H2,1-2H3,(H,29,32)(H,31,33). The van der Waals surface area contributed by atoms with Crippen LogP contribution in [0.3, 0.4) is 0 Å². The molecular formula is C26H33N5O2. The molecule has 1 aliphatic rings. The van der Waals surface area contributed by atoms with Crippen LogP contribution in [0, 0.1) is 13.8 Å². The van der Waals surface area contributed by atoms with Gasteiger partial charge in [0.25, 0.3) is 5.91 Å². The fourth-order valence-electron chi connectivity index (χ4n) is 4.64. The molecule has 1 fully saturated rings. The molecule has 2 amide bonds. The molecule has 1 saturated carbocycles. The molecule has 33 heavy (non-hydrogen) atoms.